The molecule has 0 spiro atoms. The number of phenolic OH excluding ortho intramolecular Hbond substituents is 1. The fraction of sp³-hybridized carbons (Fsp3) is 0.143. The second-order valence-electron chi connectivity index (χ2n) is 4.26. The summed E-state index contributed by atoms with van der Waals surface area (Å²) in [5, 5.41) is 9.33. The molecule has 0 fully saturated rings. The van der Waals surface area contributed by atoms with Gasteiger partial charge in [-0.05, 0) is 49.3 Å². The Hall–Kier alpha value is -2.36. The van der Waals surface area contributed by atoms with Crippen molar-refractivity contribution in [1.82, 2.24) is 0 Å². The van der Waals surface area contributed by atoms with E-state index in [9.17, 15) is 9.90 Å². The van der Waals surface area contributed by atoms with Crippen LogP contribution in [0.1, 0.15) is 12.5 Å². The van der Waals surface area contributed by atoms with Gasteiger partial charge < -0.3 is 10.8 Å². The summed E-state index contributed by atoms with van der Waals surface area (Å²) in [5.41, 5.74) is 8.88. The van der Waals surface area contributed by atoms with E-state index in [0.717, 1.165) is 11.3 Å². The monoisotopic (exact) mass is 242 g/mol. The lowest BCUT2D eigenvalue weighted by molar-refractivity contribution is -0.111. The first-order valence-electron chi connectivity index (χ1n) is 5.56. The third-order valence-corrected chi connectivity index (χ3v) is 2.75. The van der Waals surface area contributed by atoms with Crippen molar-refractivity contribution in [2.45, 2.75) is 13.8 Å². The molecular formula is C14H14N2O2. The van der Waals surface area contributed by atoms with Crippen LogP contribution in [0.3, 0.4) is 0 Å². The summed E-state index contributed by atoms with van der Waals surface area (Å²) in [6, 6.07) is 4.91. The maximum Gasteiger partial charge on any atom is 0.183 e. The Bertz CT molecular complexity index is 610. The molecule has 0 saturated heterocycles. The number of nitrogens with two attached hydrogens (primary N) is 1. The maximum absolute atomic E-state index is 11.4. The van der Waals surface area contributed by atoms with Crippen molar-refractivity contribution in [1.29, 1.82) is 0 Å². The molecule has 0 unspecified atom stereocenters. The highest BCUT2D eigenvalue weighted by Gasteiger charge is 2.13. The first-order valence-corrected chi connectivity index (χ1v) is 5.56. The summed E-state index contributed by atoms with van der Waals surface area (Å²) in [6.45, 7) is 3.58. The molecule has 0 saturated carbocycles. The predicted molar refractivity (Wildman–Crippen MR) is 71.0 cm³/mol. The molecule has 4 nitrogen and oxygen atoms in total. The second kappa shape index (κ2) is 4.49. The summed E-state index contributed by atoms with van der Waals surface area (Å²) in [4.78, 5) is 15.8. The number of carbonyl (C=O) groups is 1. The largest absolute Gasteiger partial charge is 0.508 e. The molecule has 0 aromatic heterocycles. The minimum Gasteiger partial charge on any atom is -0.508 e. The first-order chi connectivity index (χ1) is 8.47. The summed E-state index contributed by atoms with van der Waals surface area (Å²) in [6.07, 6.45) is 3.05. The summed E-state index contributed by atoms with van der Waals surface area (Å²) in [7, 11) is 0. The number of benzene rings is 1. The van der Waals surface area contributed by atoms with Crippen LogP contribution in [-0.2, 0) is 4.79 Å². The van der Waals surface area contributed by atoms with Gasteiger partial charge in [-0.2, -0.15) is 0 Å². The van der Waals surface area contributed by atoms with Crippen LogP contribution in [-0.4, -0.2) is 16.6 Å². The van der Waals surface area contributed by atoms with Crippen molar-refractivity contribution in [3.05, 3.63) is 47.2 Å². The van der Waals surface area contributed by atoms with E-state index >= 15 is 0 Å². The Morgan fingerprint density at radius 1 is 1.22 bits per heavy atom. The lowest BCUT2D eigenvalue weighted by Crippen LogP contribution is -2.17. The van der Waals surface area contributed by atoms with Gasteiger partial charge in [-0.3, -0.25) is 4.79 Å². The fourth-order valence-electron chi connectivity index (χ4n) is 1.68. The molecule has 0 amide bonds. The topological polar surface area (TPSA) is 75.7 Å². The van der Waals surface area contributed by atoms with Crippen molar-refractivity contribution >= 4 is 17.2 Å². The highest BCUT2D eigenvalue weighted by Crippen LogP contribution is 2.24. The highest BCUT2D eigenvalue weighted by molar-refractivity contribution is 6.21. The Kier molecular flexibility index (Phi) is 3.02. The highest BCUT2D eigenvalue weighted by atomic mass is 16.3. The van der Waals surface area contributed by atoms with Crippen LogP contribution in [0, 0.1) is 6.92 Å². The van der Waals surface area contributed by atoms with Crippen molar-refractivity contribution in [2.75, 3.05) is 0 Å². The minimum atomic E-state index is -0.0890. The van der Waals surface area contributed by atoms with Gasteiger partial charge in [-0.1, -0.05) is 0 Å². The van der Waals surface area contributed by atoms with Crippen LogP contribution in [0.25, 0.3) is 0 Å². The van der Waals surface area contributed by atoms with E-state index < -0.39 is 0 Å². The number of aryl methyl sites for hydroxylation is 1. The quantitative estimate of drug-likeness (QED) is 0.741. The standard InChI is InChI=1S/C14H14N2O2/c1-8-5-10(17)3-4-12(8)16-13-6-9(2)14(18)7-11(13)15/h3-7,17H,15H2,1-2H3/b16-13-. The summed E-state index contributed by atoms with van der Waals surface area (Å²) < 4.78 is 0. The number of phenols is 1. The molecular weight excluding hydrogens is 228 g/mol. The van der Waals surface area contributed by atoms with E-state index in [1.807, 2.05) is 6.92 Å². The average Bonchev–Trinajstić information content (AvgIpc) is 2.29. The lowest BCUT2D eigenvalue weighted by atomic mass is 10.0. The second-order valence-corrected chi connectivity index (χ2v) is 4.26. The Balaban J connectivity index is 2.45. The van der Waals surface area contributed by atoms with Gasteiger partial charge in [0.2, 0.25) is 0 Å². The minimum absolute atomic E-state index is 0.0890. The Morgan fingerprint density at radius 2 is 1.94 bits per heavy atom. The number of ketones is 1. The predicted octanol–water partition coefficient (Wildman–Crippen LogP) is 2.14. The van der Waals surface area contributed by atoms with Gasteiger partial charge in [-0.15, -0.1) is 0 Å². The Labute approximate surface area is 105 Å². The zero-order valence-corrected chi connectivity index (χ0v) is 10.3. The number of hydrogen-bond acceptors (Lipinski definition) is 4. The van der Waals surface area contributed by atoms with Gasteiger partial charge in [0.1, 0.15) is 5.75 Å². The number of rotatable bonds is 1. The molecule has 1 aromatic rings. The van der Waals surface area contributed by atoms with Crippen LogP contribution in [0.4, 0.5) is 5.69 Å². The van der Waals surface area contributed by atoms with E-state index in [2.05, 4.69) is 4.99 Å². The van der Waals surface area contributed by atoms with Gasteiger partial charge >= 0.3 is 0 Å². The van der Waals surface area contributed by atoms with Crippen LogP contribution in [0.5, 0.6) is 5.75 Å². The molecule has 0 atom stereocenters. The van der Waals surface area contributed by atoms with E-state index in [4.69, 9.17) is 5.73 Å². The van der Waals surface area contributed by atoms with Gasteiger partial charge in [0.25, 0.3) is 0 Å². The van der Waals surface area contributed by atoms with Gasteiger partial charge in [0, 0.05) is 6.08 Å². The molecule has 92 valence electrons. The smallest absolute Gasteiger partial charge is 0.183 e. The molecule has 1 aliphatic rings. The van der Waals surface area contributed by atoms with E-state index in [1.54, 1.807) is 31.2 Å². The van der Waals surface area contributed by atoms with E-state index in [-0.39, 0.29) is 11.5 Å². The van der Waals surface area contributed by atoms with Crippen LogP contribution in [0.15, 0.2) is 46.6 Å². The molecule has 0 radical (unpaired) electrons. The number of aromatic hydroxyl groups is 1. The molecule has 4 heteroatoms. The van der Waals surface area contributed by atoms with Gasteiger partial charge in [-0.25, -0.2) is 4.99 Å². The number of allylic oxidation sites excluding steroid dienone is 3. The normalized spacial score (nSPS) is 17.7. The molecule has 0 heterocycles. The lowest BCUT2D eigenvalue weighted by Gasteiger charge is -2.10. The zero-order valence-electron chi connectivity index (χ0n) is 10.3. The molecule has 0 bridgehead atoms. The number of aliphatic imine (C=N–C) groups is 1. The van der Waals surface area contributed by atoms with E-state index in [1.165, 1.54) is 6.08 Å². The van der Waals surface area contributed by atoms with Crippen molar-refractivity contribution in [2.24, 2.45) is 10.7 Å². The molecule has 1 aliphatic carbocycles. The van der Waals surface area contributed by atoms with Crippen LogP contribution >= 0.6 is 0 Å². The van der Waals surface area contributed by atoms with Crippen LogP contribution in [0.2, 0.25) is 0 Å². The number of nitrogens with zero attached hydrogens (tertiary/aromatic N) is 1. The van der Waals surface area contributed by atoms with Crippen molar-refractivity contribution in [3.8, 4) is 5.75 Å². The fourth-order valence-corrected chi connectivity index (χ4v) is 1.68. The first kappa shape index (κ1) is 12.1. The maximum atomic E-state index is 11.4. The third-order valence-electron chi connectivity index (χ3n) is 2.75. The third kappa shape index (κ3) is 2.32. The number of carbonyl (C=O) groups excluding carboxylic acids is 1. The van der Waals surface area contributed by atoms with E-state index in [0.29, 0.717) is 17.0 Å². The van der Waals surface area contributed by atoms with Crippen molar-refractivity contribution in [3.63, 3.8) is 0 Å². The molecule has 3 N–H and O–H groups in total. The Morgan fingerprint density at radius 3 is 2.61 bits per heavy atom. The molecule has 0 aliphatic heterocycles. The van der Waals surface area contributed by atoms with Crippen molar-refractivity contribution < 1.29 is 9.90 Å². The molecule has 1 aromatic carbocycles. The van der Waals surface area contributed by atoms with Crippen LogP contribution < -0.4 is 5.73 Å². The number of hydrogen-bond donors (Lipinski definition) is 2. The average molecular weight is 242 g/mol. The summed E-state index contributed by atoms with van der Waals surface area (Å²) >= 11 is 0. The molecule has 2 rings (SSSR count). The van der Waals surface area contributed by atoms with Gasteiger partial charge in [0.15, 0.2) is 5.78 Å². The van der Waals surface area contributed by atoms with Gasteiger partial charge in [0.05, 0.1) is 17.1 Å². The summed E-state index contributed by atoms with van der Waals surface area (Å²) in [5.74, 6) is 0.111. The SMILES string of the molecule is CC1=C/C(=N/c2ccc(O)cc2C)C(N)=CC1=O. The zero-order chi connectivity index (χ0) is 13.3. The molecule has 18 heavy (non-hydrogen) atoms.